The van der Waals surface area contributed by atoms with Gasteiger partial charge in [0, 0.05) is 19.1 Å². The van der Waals surface area contributed by atoms with Crippen LogP contribution in [0, 0.1) is 23.2 Å². The van der Waals surface area contributed by atoms with E-state index < -0.39 is 0 Å². The zero-order valence-corrected chi connectivity index (χ0v) is 13.7. The number of nitrogens with one attached hydrogen (secondary N) is 1. The molecule has 0 heterocycles. The molecule has 2 rings (SSSR count). The molecule has 0 radical (unpaired) electrons. The van der Waals surface area contributed by atoms with E-state index in [0.717, 1.165) is 24.3 Å². The molecule has 0 saturated heterocycles. The van der Waals surface area contributed by atoms with Gasteiger partial charge in [-0.25, -0.2) is 0 Å². The van der Waals surface area contributed by atoms with E-state index in [9.17, 15) is 0 Å². The fourth-order valence-corrected chi connectivity index (χ4v) is 4.17. The van der Waals surface area contributed by atoms with Crippen molar-refractivity contribution in [3.8, 4) is 0 Å². The third-order valence-corrected chi connectivity index (χ3v) is 5.50. The minimum atomic E-state index is 0.465. The van der Waals surface area contributed by atoms with Crippen molar-refractivity contribution in [2.24, 2.45) is 23.2 Å². The molecule has 2 saturated carbocycles. The summed E-state index contributed by atoms with van der Waals surface area (Å²) >= 11 is 0. The van der Waals surface area contributed by atoms with E-state index in [1.807, 2.05) is 0 Å². The summed E-state index contributed by atoms with van der Waals surface area (Å²) < 4.78 is 0. The van der Waals surface area contributed by atoms with Gasteiger partial charge in [-0.15, -0.1) is 0 Å². The van der Waals surface area contributed by atoms with Gasteiger partial charge in [-0.1, -0.05) is 34.1 Å². The lowest BCUT2D eigenvalue weighted by Gasteiger charge is -2.45. The van der Waals surface area contributed by atoms with Crippen molar-refractivity contribution in [2.75, 3.05) is 26.7 Å². The van der Waals surface area contributed by atoms with Crippen molar-refractivity contribution in [1.29, 1.82) is 0 Å². The van der Waals surface area contributed by atoms with Crippen LogP contribution >= 0.6 is 0 Å². The molecule has 1 N–H and O–H groups in total. The van der Waals surface area contributed by atoms with Crippen molar-refractivity contribution in [2.45, 2.75) is 59.4 Å². The third kappa shape index (κ3) is 3.95. The van der Waals surface area contributed by atoms with Crippen LogP contribution in [0.15, 0.2) is 0 Å². The molecule has 2 aliphatic carbocycles. The Bertz CT molecular complexity index is 287. The summed E-state index contributed by atoms with van der Waals surface area (Å²) in [6, 6.07) is 0.699. The zero-order valence-electron chi connectivity index (χ0n) is 13.7. The van der Waals surface area contributed by atoms with Gasteiger partial charge in [-0.05, 0) is 56.0 Å². The van der Waals surface area contributed by atoms with Crippen LogP contribution in [0.5, 0.6) is 0 Å². The number of rotatable bonds is 6. The molecule has 2 nitrogen and oxygen atoms in total. The molecule has 0 aromatic carbocycles. The molecule has 0 spiro atoms. The second-order valence-corrected chi connectivity index (χ2v) is 7.87. The summed E-state index contributed by atoms with van der Waals surface area (Å²) in [5, 5.41) is 3.78. The minimum Gasteiger partial charge on any atom is -0.313 e. The van der Waals surface area contributed by atoms with Crippen molar-refractivity contribution in [1.82, 2.24) is 10.2 Å². The minimum absolute atomic E-state index is 0.465. The molecule has 0 amide bonds. The highest BCUT2D eigenvalue weighted by Gasteiger charge is 2.39. The van der Waals surface area contributed by atoms with Crippen molar-refractivity contribution in [3.05, 3.63) is 0 Å². The largest absolute Gasteiger partial charge is 0.313 e. The van der Waals surface area contributed by atoms with Crippen LogP contribution in [-0.2, 0) is 0 Å². The van der Waals surface area contributed by atoms with Gasteiger partial charge in [0.2, 0.25) is 0 Å². The highest BCUT2D eigenvalue weighted by atomic mass is 15.1. The Morgan fingerprint density at radius 1 is 1.21 bits per heavy atom. The van der Waals surface area contributed by atoms with Gasteiger partial charge in [0.15, 0.2) is 0 Å². The smallest absolute Gasteiger partial charge is 0.0159 e. The zero-order chi connectivity index (χ0) is 14.0. The van der Waals surface area contributed by atoms with Crippen molar-refractivity contribution in [3.63, 3.8) is 0 Å². The molecule has 0 aliphatic heterocycles. The number of hydrogen-bond acceptors (Lipinski definition) is 2. The Morgan fingerprint density at radius 2 is 1.84 bits per heavy atom. The van der Waals surface area contributed by atoms with Gasteiger partial charge in [0.1, 0.15) is 0 Å². The number of hydrogen-bond donors (Lipinski definition) is 1. The summed E-state index contributed by atoms with van der Waals surface area (Å²) in [4.78, 5) is 2.60. The predicted octanol–water partition coefficient (Wildman–Crippen LogP) is 3.38. The molecule has 4 unspecified atom stereocenters. The van der Waals surface area contributed by atoms with Crippen LogP contribution in [0.1, 0.15) is 53.4 Å². The summed E-state index contributed by atoms with van der Waals surface area (Å²) in [6.07, 6.45) is 5.65. The Hall–Kier alpha value is -0.0800. The molecule has 0 bridgehead atoms. The topological polar surface area (TPSA) is 15.3 Å². The van der Waals surface area contributed by atoms with Crippen LogP contribution in [0.3, 0.4) is 0 Å². The Morgan fingerprint density at radius 3 is 2.42 bits per heavy atom. The molecule has 0 aromatic heterocycles. The van der Waals surface area contributed by atoms with Crippen LogP contribution in [-0.4, -0.2) is 37.6 Å². The lowest BCUT2D eigenvalue weighted by molar-refractivity contribution is 0.0851. The van der Waals surface area contributed by atoms with E-state index in [0.29, 0.717) is 11.5 Å². The number of nitrogens with zero attached hydrogens (tertiary/aromatic N) is 1. The monoisotopic (exact) mass is 266 g/mol. The van der Waals surface area contributed by atoms with Crippen molar-refractivity contribution < 1.29 is 0 Å². The van der Waals surface area contributed by atoms with Crippen molar-refractivity contribution >= 4 is 0 Å². The lowest BCUT2D eigenvalue weighted by atomic mass is 9.67. The maximum absolute atomic E-state index is 3.78. The van der Waals surface area contributed by atoms with Gasteiger partial charge in [-0.3, -0.25) is 0 Å². The fraction of sp³-hybridized carbons (Fsp3) is 1.00. The Kier molecular flexibility index (Phi) is 4.94. The van der Waals surface area contributed by atoms with E-state index >= 15 is 0 Å². The molecule has 2 aliphatic rings. The lowest BCUT2D eigenvalue weighted by Crippen LogP contribution is -2.52. The van der Waals surface area contributed by atoms with E-state index in [4.69, 9.17) is 0 Å². The van der Waals surface area contributed by atoms with E-state index in [2.05, 4.69) is 45.0 Å². The fourth-order valence-electron chi connectivity index (χ4n) is 4.17. The Balaban J connectivity index is 1.88. The third-order valence-electron chi connectivity index (χ3n) is 5.50. The summed E-state index contributed by atoms with van der Waals surface area (Å²) in [6.45, 7) is 13.3. The van der Waals surface area contributed by atoms with E-state index in [1.165, 1.54) is 38.8 Å². The molecule has 2 fully saturated rings. The molecule has 0 aromatic rings. The van der Waals surface area contributed by atoms with Crippen LogP contribution in [0.2, 0.25) is 0 Å². The first-order chi connectivity index (χ1) is 8.94. The van der Waals surface area contributed by atoms with Gasteiger partial charge in [0.05, 0.1) is 0 Å². The molecular formula is C17H34N2. The maximum atomic E-state index is 3.78. The second kappa shape index (κ2) is 6.13. The first-order valence-corrected chi connectivity index (χ1v) is 8.36. The van der Waals surface area contributed by atoms with Gasteiger partial charge < -0.3 is 10.2 Å². The SMILES string of the molecule is CCNC1C(CN(C)CC2CC2C)CCCC1(C)C. The van der Waals surface area contributed by atoms with Gasteiger partial charge in [-0.2, -0.15) is 0 Å². The maximum Gasteiger partial charge on any atom is 0.0159 e. The van der Waals surface area contributed by atoms with E-state index in [-0.39, 0.29) is 0 Å². The quantitative estimate of drug-likeness (QED) is 0.793. The van der Waals surface area contributed by atoms with E-state index in [1.54, 1.807) is 0 Å². The first-order valence-electron chi connectivity index (χ1n) is 8.36. The summed E-state index contributed by atoms with van der Waals surface area (Å²) in [5.74, 6) is 2.80. The highest BCUT2D eigenvalue weighted by molar-refractivity contribution is 4.94. The van der Waals surface area contributed by atoms with Gasteiger partial charge >= 0.3 is 0 Å². The van der Waals surface area contributed by atoms with Crippen LogP contribution < -0.4 is 5.32 Å². The molecule has 19 heavy (non-hydrogen) atoms. The summed E-state index contributed by atoms with van der Waals surface area (Å²) in [5.41, 5.74) is 0.465. The molecule has 112 valence electrons. The average Bonchev–Trinajstić information content (AvgIpc) is 2.98. The molecule has 4 atom stereocenters. The Labute approximate surface area is 120 Å². The van der Waals surface area contributed by atoms with Crippen LogP contribution in [0.4, 0.5) is 0 Å². The molecule has 2 heteroatoms. The molecular weight excluding hydrogens is 232 g/mol. The average molecular weight is 266 g/mol. The van der Waals surface area contributed by atoms with Crippen LogP contribution in [0.25, 0.3) is 0 Å². The van der Waals surface area contributed by atoms with Gasteiger partial charge in [0.25, 0.3) is 0 Å². The second-order valence-electron chi connectivity index (χ2n) is 7.87. The normalized spacial score (nSPS) is 37.6. The first kappa shape index (κ1) is 15.3. The highest BCUT2D eigenvalue weighted by Crippen LogP contribution is 2.41. The standard InChI is InChI=1S/C17H34N2/c1-6-18-16-14(8-7-9-17(16,3)4)11-19(5)12-15-10-13(15)2/h13-16,18H,6-12H2,1-5H3. The predicted molar refractivity (Wildman–Crippen MR) is 83.4 cm³/mol. The summed E-state index contributed by atoms with van der Waals surface area (Å²) in [7, 11) is 2.33.